The second-order valence-electron chi connectivity index (χ2n) is 4.24. The molecule has 19 heavy (non-hydrogen) atoms. The standard InChI is InChI=1S/C13H15NO3S2/c1-9-6-13(10(2)18-9)19(16,17)14-12-5-3-4-11(7-12)8-15/h3-7,14-15H,8H2,1-2H3. The molecule has 0 unspecified atom stereocenters. The zero-order valence-corrected chi connectivity index (χ0v) is 12.3. The molecule has 0 spiro atoms. The Labute approximate surface area is 116 Å². The zero-order chi connectivity index (χ0) is 14.0. The van der Waals surface area contributed by atoms with E-state index in [-0.39, 0.29) is 6.61 Å². The molecule has 102 valence electrons. The molecule has 0 radical (unpaired) electrons. The summed E-state index contributed by atoms with van der Waals surface area (Å²) in [5, 5.41) is 9.05. The first-order valence-electron chi connectivity index (χ1n) is 5.72. The molecule has 0 saturated carbocycles. The second-order valence-corrected chi connectivity index (χ2v) is 7.35. The van der Waals surface area contributed by atoms with Crippen LogP contribution in [0.25, 0.3) is 0 Å². The van der Waals surface area contributed by atoms with Crippen LogP contribution in [0.5, 0.6) is 0 Å². The van der Waals surface area contributed by atoms with E-state index in [9.17, 15) is 8.42 Å². The summed E-state index contributed by atoms with van der Waals surface area (Å²) in [6, 6.07) is 8.38. The van der Waals surface area contributed by atoms with E-state index in [2.05, 4.69) is 4.72 Å². The van der Waals surface area contributed by atoms with Crippen LogP contribution in [0, 0.1) is 13.8 Å². The molecule has 0 amide bonds. The molecular weight excluding hydrogens is 282 g/mol. The fourth-order valence-corrected chi connectivity index (χ4v) is 4.42. The number of sulfonamides is 1. The Kier molecular flexibility index (Phi) is 3.93. The van der Waals surface area contributed by atoms with Gasteiger partial charge in [-0.1, -0.05) is 12.1 Å². The highest BCUT2D eigenvalue weighted by Crippen LogP contribution is 2.26. The van der Waals surface area contributed by atoms with Crippen molar-refractivity contribution in [3.8, 4) is 0 Å². The minimum Gasteiger partial charge on any atom is -0.392 e. The molecule has 1 aromatic heterocycles. The van der Waals surface area contributed by atoms with E-state index >= 15 is 0 Å². The Hall–Kier alpha value is -1.37. The molecule has 2 aromatic rings. The smallest absolute Gasteiger partial charge is 0.262 e. The third-order valence-electron chi connectivity index (χ3n) is 2.65. The highest BCUT2D eigenvalue weighted by Gasteiger charge is 2.19. The number of aliphatic hydroxyl groups excluding tert-OH is 1. The Morgan fingerprint density at radius 3 is 2.58 bits per heavy atom. The van der Waals surface area contributed by atoms with Gasteiger partial charge in [-0.15, -0.1) is 11.3 Å². The Morgan fingerprint density at radius 2 is 2.00 bits per heavy atom. The monoisotopic (exact) mass is 297 g/mol. The van der Waals surface area contributed by atoms with Crippen LogP contribution in [0.15, 0.2) is 35.2 Å². The number of hydrogen-bond donors (Lipinski definition) is 2. The van der Waals surface area contributed by atoms with Crippen molar-refractivity contribution in [2.24, 2.45) is 0 Å². The average molecular weight is 297 g/mol. The number of rotatable bonds is 4. The SMILES string of the molecule is Cc1cc(S(=O)(=O)Nc2cccc(CO)c2)c(C)s1. The lowest BCUT2D eigenvalue weighted by Crippen LogP contribution is -2.13. The van der Waals surface area contributed by atoms with Gasteiger partial charge in [0.15, 0.2) is 0 Å². The maximum absolute atomic E-state index is 12.3. The quantitative estimate of drug-likeness (QED) is 0.911. The summed E-state index contributed by atoms with van der Waals surface area (Å²) in [5.74, 6) is 0. The highest BCUT2D eigenvalue weighted by molar-refractivity contribution is 7.93. The lowest BCUT2D eigenvalue weighted by molar-refractivity contribution is 0.282. The predicted octanol–water partition coefficient (Wildman–Crippen LogP) is 2.66. The molecule has 0 aliphatic rings. The van der Waals surface area contributed by atoms with E-state index in [1.807, 2.05) is 6.92 Å². The van der Waals surface area contributed by atoms with Crippen molar-refractivity contribution < 1.29 is 13.5 Å². The molecule has 1 aromatic carbocycles. The van der Waals surface area contributed by atoms with Crippen LogP contribution in [0.3, 0.4) is 0 Å². The van der Waals surface area contributed by atoms with Gasteiger partial charge in [-0.3, -0.25) is 4.72 Å². The van der Waals surface area contributed by atoms with Gasteiger partial charge in [0.05, 0.1) is 6.61 Å². The molecule has 0 aliphatic heterocycles. The van der Waals surface area contributed by atoms with Crippen molar-refractivity contribution in [2.45, 2.75) is 25.3 Å². The normalized spacial score (nSPS) is 11.5. The van der Waals surface area contributed by atoms with Gasteiger partial charge in [0.2, 0.25) is 0 Å². The predicted molar refractivity (Wildman–Crippen MR) is 77.0 cm³/mol. The molecule has 2 rings (SSSR count). The summed E-state index contributed by atoms with van der Waals surface area (Å²) in [5.41, 5.74) is 1.12. The summed E-state index contributed by atoms with van der Waals surface area (Å²) >= 11 is 1.46. The zero-order valence-electron chi connectivity index (χ0n) is 10.7. The van der Waals surface area contributed by atoms with Gasteiger partial charge < -0.3 is 5.11 Å². The molecule has 0 aliphatic carbocycles. The summed E-state index contributed by atoms with van der Waals surface area (Å²) in [7, 11) is -3.57. The molecule has 1 heterocycles. The molecule has 0 saturated heterocycles. The van der Waals surface area contributed by atoms with Gasteiger partial charge in [0.25, 0.3) is 10.0 Å². The van der Waals surface area contributed by atoms with Gasteiger partial charge in [0, 0.05) is 15.4 Å². The van der Waals surface area contributed by atoms with E-state index in [1.165, 1.54) is 11.3 Å². The highest BCUT2D eigenvalue weighted by atomic mass is 32.2. The minimum absolute atomic E-state index is 0.119. The molecule has 2 N–H and O–H groups in total. The van der Waals surface area contributed by atoms with Gasteiger partial charge in [0.1, 0.15) is 4.90 Å². The fourth-order valence-electron chi connectivity index (χ4n) is 1.82. The number of thiophene rings is 1. The summed E-state index contributed by atoms with van der Waals surface area (Å²) in [4.78, 5) is 2.04. The number of benzene rings is 1. The second kappa shape index (κ2) is 5.32. The number of nitrogens with one attached hydrogen (secondary N) is 1. The fraction of sp³-hybridized carbons (Fsp3) is 0.231. The summed E-state index contributed by atoms with van der Waals surface area (Å²) in [6.45, 7) is 3.55. The third-order valence-corrected chi connectivity index (χ3v) is 5.25. The molecule has 6 heteroatoms. The average Bonchev–Trinajstić information content (AvgIpc) is 2.69. The maximum atomic E-state index is 12.3. The molecular formula is C13H15NO3S2. The first-order valence-corrected chi connectivity index (χ1v) is 8.02. The molecule has 0 atom stereocenters. The van der Waals surface area contributed by atoms with E-state index < -0.39 is 10.0 Å². The van der Waals surface area contributed by atoms with Crippen LogP contribution in [0.4, 0.5) is 5.69 Å². The molecule has 4 nitrogen and oxygen atoms in total. The molecule has 0 fully saturated rings. The van der Waals surface area contributed by atoms with Crippen molar-refractivity contribution in [2.75, 3.05) is 4.72 Å². The van der Waals surface area contributed by atoms with E-state index in [0.29, 0.717) is 16.1 Å². The van der Waals surface area contributed by atoms with E-state index in [0.717, 1.165) is 9.75 Å². The first-order chi connectivity index (χ1) is 8.92. The largest absolute Gasteiger partial charge is 0.392 e. The number of aryl methyl sites for hydroxylation is 2. The van der Waals surface area contributed by atoms with E-state index in [4.69, 9.17) is 5.11 Å². The summed E-state index contributed by atoms with van der Waals surface area (Å²) < 4.78 is 27.1. The lowest BCUT2D eigenvalue weighted by atomic mass is 10.2. The van der Waals surface area contributed by atoms with Gasteiger partial charge in [-0.05, 0) is 37.6 Å². The van der Waals surface area contributed by atoms with Crippen molar-refractivity contribution in [1.82, 2.24) is 0 Å². The Balaban J connectivity index is 2.33. The van der Waals surface area contributed by atoms with Crippen molar-refractivity contribution >= 4 is 27.0 Å². The molecule has 0 bridgehead atoms. The van der Waals surface area contributed by atoms with Crippen molar-refractivity contribution in [1.29, 1.82) is 0 Å². The van der Waals surface area contributed by atoms with Crippen LogP contribution in [0.1, 0.15) is 15.3 Å². The van der Waals surface area contributed by atoms with Crippen LogP contribution in [-0.2, 0) is 16.6 Å². The topological polar surface area (TPSA) is 66.4 Å². The van der Waals surface area contributed by atoms with Crippen LogP contribution in [-0.4, -0.2) is 13.5 Å². The van der Waals surface area contributed by atoms with Crippen molar-refractivity contribution in [3.63, 3.8) is 0 Å². The maximum Gasteiger partial charge on any atom is 0.262 e. The number of anilines is 1. The Bertz CT molecular complexity index is 690. The van der Waals surface area contributed by atoms with Crippen molar-refractivity contribution in [3.05, 3.63) is 45.6 Å². The van der Waals surface area contributed by atoms with Gasteiger partial charge >= 0.3 is 0 Å². The van der Waals surface area contributed by atoms with Gasteiger partial charge in [-0.25, -0.2) is 8.42 Å². The first kappa shape index (κ1) is 14.0. The van der Waals surface area contributed by atoms with Crippen LogP contribution >= 0.6 is 11.3 Å². The lowest BCUT2D eigenvalue weighted by Gasteiger charge is -2.08. The summed E-state index contributed by atoms with van der Waals surface area (Å²) in [6.07, 6.45) is 0. The van der Waals surface area contributed by atoms with E-state index in [1.54, 1.807) is 37.3 Å². The van der Waals surface area contributed by atoms with Gasteiger partial charge in [-0.2, -0.15) is 0 Å². The third kappa shape index (κ3) is 3.15. The van der Waals surface area contributed by atoms with Crippen LogP contribution in [0.2, 0.25) is 0 Å². The minimum atomic E-state index is -3.57. The number of hydrogen-bond acceptors (Lipinski definition) is 4. The van der Waals surface area contributed by atoms with Crippen LogP contribution < -0.4 is 4.72 Å². The Morgan fingerprint density at radius 1 is 1.26 bits per heavy atom. The number of aliphatic hydroxyl groups is 1.